The van der Waals surface area contributed by atoms with E-state index in [1.165, 1.54) is 6.92 Å². The van der Waals surface area contributed by atoms with E-state index >= 15 is 0 Å². The predicted molar refractivity (Wildman–Crippen MR) is 40.7 cm³/mol. The summed E-state index contributed by atoms with van der Waals surface area (Å²) in [6.07, 6.45) is 0. The lowest BCUT2D eigenvalue weighted by molar-refractivity contribution is 0.608. The molecule has 11 heavy (non-hydrogen) atoms. The summed E-state index contributed by atoms with van der Waals surface area (Å²) in [6, 6.07) is 0. The maximum atomic E-state index is 12.8. The van der Waals surface area contributed by atoms with Gasteiger partial charge in [-0.1, -0.05) is 0 Å². The molecule has 0 spiro atoms. The number of halogens is 1. The Hall–Kier alpha value is -1.39. The lowest BCUT2D eigenvalue weighted by atomic mass is 10.4. The van der Waals surface area contributed by atoms with Crippen LogP contribution in [0.25, 0.3) is 0 Å². The first kappa shape index (κ1) is 7.71. The molecule has 0 saturated carbocycles. The second-order valence-electron chi connectivity index (χ2n) is 2.08. The van der Waals surface area contributed by atoms with E-state index in [4.69, 9.17) is 5.73 Å². The van der Waals surface area contributed by atoms with Crippen molar-refractivity contribution in [3.63, 3.8) is 0 Å². The third-order valence-corrected chi connectivity index (χ3v) is 1.27. The Kier molecular flexibility index (Phi) is 1.89. The van der Waals surface area contributed by atoms with Crippen molar-refractivity contribution in [2.45, 2.75) is 6.92 Å². The molecule has 0 aliphatic heterocycles. The van der Waals surface area contributed by atoms with Gasteiger partial charge in [0.15, 0.2) is 11.6 Å². The summed E-state index contributed by atoms with van der Waals surface area (Å²) in [4.78, 5) is 7.41. The van der Waals surface area contributed by atoms with Gasteiger partial charge in [-0.05, 0) is 6.92 Å². The minimum absolute atomic E-state index is 0.123. The number of nitrogens with two attached hydrogens (primary N) is 1. The molecular weight excluding hydrogens is 147 g/mol. The first-order valence-electron chi connectivity index (χ1n) is 3.12. The van der Waals surface area contributed by atoms with Gasteiger partial charge in [-0.15, -0.1) is 0 Å². The topological polar surface area (TPSA) is 63.8 Å². The van der Waals surface area contributed by atoms with Crippen LogP contribution in [0, 0.1) is 12.7 Å². The third-order valence-electron chi connectivity index (χ3n) is 1.27. The molecule has 60 valence electrons. The maximum Gasteiger partial charge on any atom is 0.224 e. The molecule has 0 aromatic carbocycles. The Labute approximate surface area is 63.7 Å². The molecule has 0 bridgehead atoms. The molecule has 0 unspecified atom stereocenters. The van der Waals surface area contributed by atoms with E-state index in [1.54, 1.807) is 7.05 Å². The van der Waals surface area contributed by atoms with E-state index < -0.39 is 5.82 Å². The first-order valence-corrected chi connectivity index (χ1v) is 3.12. The van der Waals surface area contributed by atoms with Crippen molar-refractivity contribution >= 4 is 11.8 Å². The zero-order chi connectivity index (χ0) is 8.43. The van der Waals surface area contributed by atoms with E-state index in [0.29, 0.717) is 5.95 Å². The smallest absolute Gasteiger partial charge is 0.224 e. The van der Waals surface area contributed by atoms with Crippen molar-refractivity contribution in [3.8, 4) is 0 Å². The van der Waals surface area contributed by atoms with Gasteiger partial charge in [0.2, 0.25) is 5.95 Å². The Bertz CT molecular complexity index is 250. The summed E-state index contributed by atoms with van der Waals surface area (Å²) < 4.78 is 12.8. The number of hydrogen-bond donors (Lipinski definition) is 2. The standard InChI is InChI=1S/C6H9FN4/c1-3-4(7)5(8)11-6(9-2)10-3/h1-2H3,(H3,8,9,10,11). The zero-order valence-corrected chi connectivity index (χ0v) is 6.35. The van der Waals surface area contributed by atoms with Crippen LogP contribution in [0.2, 0.25) is 0 Å². The quantitative estimate of drug-likeness (QED) is 0.623. The SMILES string of the molecule is CNc1nc(C)c(F)c(N)n1. The monoisotopic (exact) mass is 156 g/mol. The van der Waals surface area contributed by atoms with Crippen LogP contribution in [0.15, 0.2) is 0 Å². The highest BCUT2D eigenvalue weighted by atomic mass is 19.1. The number of nitrogens with zero attached hydrogens (tertiary/aromatic N) is 2. The molecule has 1 heterocycles. The molecule has 0 radical (unpaired) electrons. The lowest BCUT2D eigenvalue weighted by Gasteiger charge is -2.02. The molecule has 1 aromatic rings. The average Bonchev–Trinajstić information content (AvgIpc) is 1.99. The van der Waals surface area contributed by atoms with Crippen LogP contribution in [0.4, 0.5) is 16.2 Å². The van der Waals surface area contributed by atoms with Crippen LogP contribution >= 0.6 is 0 Å². The number of aryl methyl sites for hydroxylation is 1. The average molecular weight is 156 g/mol. The van der Waals surface area contributed by atoms with E-state index in [0.717, 1.165) is 0 Å². The molecule has 0 aliphatic rings. The van der Waals surface area contributed by atoms with Crippen LogP contribution in [0.5, 0.6) is 0 Å². The number of nitrogens with one attached hydrogen (secondary N) is 1. The van der Waals surface area contributed by atoms with Gasteiger partial charge < -0.3 is 11.1 Å². The minimum Gasteiger partial charge on any atom is -0.381 e. The van der Waals surface area contributed by atoms with E-state index in [2.05, 4.69) is 15.3 Å². The summed E-state index contributed by atoms with van der Waals surface area (Å²) in [7, 11) is 1.64. The number of hydrogen-bond acceptors (Lipinski definition) is 4. The molecular formula is C6H9FN4. The minimum atomic E-state index is -0.552. The molecule has 5 heteroatoms. The fourth-order valence-electron chi connectivity index (χ4n) is 0.693. The number of anilines is 2. The van der Waals surface area contributed by atoms with Crippen molar-refractivity contribution < 1.29 is 4.39 Å². The van der Waals surface area contributed by atoms with Gasteiger partial charge in [0.05, 0.1) is 5.69 Å². The second-order valence-corrected chi connectivity index (χ2v) is 2.08. The van der Waals surface area contributed by atoms with Crippen LogP contribution in [-0.2, 0) is 0 Å². The highest BCUT2D eigenvalue weighted by Gasteiger charge is 2.06. The fourth-order valence-corrected chi connectivity index (χ4v) is 0.693. The van der Waals surface area contributed by atoms with Gasteiger partial charge in [0.1, 0.15) is 0 Å². The molecule has 1 aromatic heterocycles. The largest absolute Gasteiger partial charge is 0.381 e. The Morgan fingerprint density at radius 1 is 1.45 bits per heavy atom. The third kappa shape index (κ3) is 1.36. The maximum absolute atomic E-state index is 12.8. The fraction of sp³-hybridized carbons (Fsp3) is 0.333. The first-order chi connectivity index (χ1) is 5.15. The normalized spacial score (nSPS) is 9.73. The second kappa shape index (κ2) is 2.69. The Morgan fingerprint density at radius 3 is 2.55 bits per heavy atom. The number of rotatable bonds is 1. The van der Waals surface area contributed by atoms with Gasteiger partial charge in [-0.25, -0.2) is 9.37 Å². The highest BCUT2D eigenvalue weighted by Crippen LogP contribution is 2.11. The molecule has 4 nitrogen and oxygen atoms in total. The zero-order valence-electron chi connectivity index (χ0n) is 6.35. The van der Waals surface area contributed by atoms with Gasteiger partial charge >= 0.3 is 0 Å². The molecule has 3 N–H and O–H groups in total. The molecule has 0 amide bonds. The molecule has 0 aliphatic carbocycles. The van der Waals surface area contributed by atoms with Crippen LogP contribution in [0.1, 0.15) is 5.69 Å². The summed E-state index contributed by atoms with van der Waals surface area (Å²) in [5.41, 5.74) is 5.48. The van der Waals surface area contributed by atoms with Gasteiger partial charge in [0.25, 0.3) is 0 Å². The lowest BCUT2D eigenvalue weighted by Crippen LogP contribution is -2.05. The molecule has 0 fully saturated rings. The molecule has 0 atom stereocenters. The molecule has 0 saturated heterocycles. The highest BCUT2D eigenvalue weighted by molar-refractivity contribution is 5.39. The van der Waals surface area contributed by atoms with E-state index in [-0.39, 0.29) is 11.5 Å². The summed E-state index contributed by atoms with van der Waals surface area (Å²) in [5, 5.41) is 2.67. The number of aromatic nitrogens is 2. The van der Waals surface area contributed by atoms with Crippen molar-refractivity contribution in [2.24, 2.45) is 0 Å². The molecule has 1 rings (SSSR count). The van der Waals surface area contributed by atoms with Crippen LogP contribution in [0.3, 0.4) is 0 Å². The number of nitrogen functional groups attached to an aromatic ring is 1. The van der Waals surface area contributed by atoms with Crippen molar-refractivity contribution in [2.75, 3.05) is 18.1 Å². The van der Waals surface area contributed by atoms with Gasteiger partial charge in [0, 0.05) is 7.05 Å². The van der Waals surface area contributed by atoms with Crippen LogP contribution in [-0.4, -0.2) is 17.0 Å². The van der Waals surface area contributed by atoms with Gasteiger partial charge in [-0.2, -0.15) is 4.98 Å². The van der Waals surface area contributed by atoms with Gasteiger partial charge in [-0.3, -0.25) is 0 Å². The van der Waals surface area contributed by atoms with Crippen molar-refractivity contribution in [1.29, 1.82) is 0 Å². The summed E-state index contributed by atoms with van der Waals surface area (Å²) >= 11 is 0. The predicted octanol–water partition coefficient (Wildman–Crippen LogP) is 0.548. The Morgan fingerprint density at radius 2 is 2.09 bits per heavy atom. The van der Waals surface area contributed by atoms with Crippen molar-refractivity contribution in [3.05, 3.63) is 11.5 Å². The Balaban J connectivity index is 3.21. The van der Waals surface area contributed by atoms with Crippen LogP contribution < -0.4 is 11.1 Å². The summed E-state index contributed by atoms with van der Waals surface area (Å²) in [5.74, 6) is -0.341. The van der Waals surface area contributed by atoms with Crippen molar-refractivity contribution in [1.82, 2.24) is 9.97 Å². The van der Waals surface area contributed by atoms with E-state index in [9.17, 15) is 4.39 Å². The summed E-state index contributed by atoms with van der Waals surface area (Å²) in [6.45, 7) is 1.54. The van der Waals surface area contributed by atoms with E-state index in [1.807, 2.05) is 0 Å².